The van der Waals surface area contributed by atoms with Crippen molar-refractivity contribution >= 4 is 18.2 Å². The van der Waals surface area contributed by atoms with E-state index in [0.717, 1.165) is 25.3 Å². The van der Waals surface area contributed by atoms with Gasteiger partial charge in [0, 0.05) is 25.8 Å². The Bertz CT molecular complexity index is 396. The molecule has 0 saturated carbocycles. The molecule has 92 valence electrons. The van der Waals surface area contributed by atoms with Crippen molar-refractivity contribution in [3.05, 3.63) is 23.9 Å². The summed E-state index contributed by atoms with van der Waals surface area (Å²) in [5.41, 5.74) is 0.649. The molecular formula is C12H17ClN4. The van der Waals surface area contributed by atoms with Gasteiger partial charge in [-0.05, 0) is 31.5 Å². The minimum atomic E-state index is 0. The maximum absolute atomic E-state index is 9.03. The minimum Gasteiger partial charge on any atom is -0.354 e. The fourth-order valence-electron chi connectivity index (χ4n) is 2.10. The average Bonchev–Trinajstić information content (AvgIpc) is 2.39. The van der Waals surface area contributed by atoms with Gasteiger partial charge in [0.2, 0.25) is 0 Å². The number of aromatic nitrogens is 1. The predicted molar refractivity (Wildman–Crippen MR) is 70.5 cm³/mol. The summed E-state index contributed by atoms with van der Waals surface area (Å²) in [7, 11) is 2.01. The van der Waals surface area contributed by atoms with Gasteiger partial charge in [-0.25, -0.2) is 4.98 Å². The zero-order chi connectivity index (χ0) is 11.4. The molecule has 1 aliphatic rings. The summed E-state index contributed by atoms with van der Waals surface area (Å²) in [6, 6.07) is 6.25. The van der Waals surface area contributed by atoms with Gasteiger partial charge in [-0.2, -0.15) is 5.26 Å². The Hall–Kier alpha value is -1.31. The third-order valence-electron chi connectivity index (χ3n) is 3.06. The molecule has 0 unspecified atom stereocenters. The van der Waals surface area contributed by atoms with Crippen molar-refractivity contribution in [2.24, 2.45) is 0 Å². The molecule has 0 aromatic carbocycles. The van der Waals surface area contributed by atoms with Gasteiger partial charge < -0.3 is 10.2 Å². The summed E-state index contributed by atoms with van der Waals surface area (Å²) in [6.07, 6.45) is 4.08. The second-order valence-corrected chi connectivity index (χ2v) is 4.10. The molecule has 0 radical (unpaired) electrons. The molecule has 4 nitrogen and oxygen atoms in total. The van der Waals surface area contributed by atoms with E-state index in [2.05, 4.69) is 21.3 Å². The second-order valence-electron chi connectivity index (χ2n) is 4.10. The van der Waals surface area contributed by atoms with Crippen molar-refractivity contribution in [2.75, 3.05) is 25.0 Å². The first kappa shape index (κ1) is 13.8. The fourth-order valence-corrected chi connectivity index (χ4v) is 2.10. The topological polar surface area (TPSA) is 52.0 Å². The van der Waals surface area contributed by atoms with Crippen LogP contribution < -0.4 is 10.2 Å². The lowest BCUT2D eigenvalue weighted by molar-refractivity contribution is 0.443. The average molecular weight is 253 g/mol. The highest BCUT2D eigenvalue weighted by molar-refractivity contribution is 5.85. The van der Waals surface area contributed by atoms with Crippen molar-refractivity contribution in [1.29, 1.82) is 5.26 Å². The van der Waals surface area contributed by atoms with Crippen LogP contribution in [0.5, 0.6) is 0 Å². The zero-order valence-corrected chi connectivity index (χ0v) is 10.7. The van der Waals surface area contributed by atoms with Crippen molar-refractivity contribution < 1.29 is 0 Å². The zero-order valence-electron chi connectivity index (χ0n) is 9.89. The van der Waals surface area contributed by atoms with Gasteiger partial charge in [0.1, 0.15) is 11.9 Å². The lowest BCUT2D eigenvalue weighted by Crippen LogP contribution is -2.44. The van der Waals surface area contributed by atoms with E-state index in [9.17, 15) is 0 Å². The van der Waals surface area contributed by atoms with Gasteiger partial charge in [-0.3, -0.25) is 0 Å². The van der Waals surface area contributed by atoms with Crippen molar-refractivity contribution in [3.8, 4) is 6.07 Å². The van der Waals surface area contributed by atoms with Crippen LogP contribution in [0.3, 0.4) is 0 Å². The van der Waals surface area contributed by atoms with E-state index in [-0.39, 0.29) is 12.4 Å². The molecule has 1 fully saturated rings. The summed E-state index contributed by atoms with van der Waals surface area (Å²) in [5, 5.41) is 12.4. The van der Waals surface area contributed by atoms with E-state index >= 15 is 0 Å². The molecule has 1 atom stereocenters. The molecule has 0 aliphatic carbocycles. The van der Waals surface area contributed by atoms with E-state index in [1.165, 1.54) is 6.42 Å². The molecule has 1 aromatic heterocycles. The predicted octanol–water partition coefficient (Wildman–Crippen LogP) is 1.56. The van der Waals surface area contributed by atoms with E-state index in [1.807, 2.05) is 13.1 Å². The van der Waals surface area contributed by atoms with Gasteiger partial charge in [0.15, 0.2) is 0 Å². The number of nitrogens with one attached hydrogen (secondary N) is 1. The number of halogens is 1. The van der Waals surface area contributed by atoms with Crippen LogP contribution in [0.1, 0.15) is 18.4 Å². The molecule has 5 heteroatoms. The van der Waals surface area contributed by atoms with Crippen LogP contribution in [0.15, 0.2) is 18.3 Å². The van der Waals surface area contributed by atoms with Crippen LogP contribution in [0, 0.1) is 11.3 Å². The first-order valence-corrected chi connectivity index (χ1v) is 5.61. The molecule has 1 N–H and O–H groups in total. The summed E-state index contributed by atoms with van der Waals surface area (Å²) in [4.78, 5) is 6.42. The largest absolute Gasteiger partial charge is 0.354 e. The Morgan fingerprint density at radius 2 is 2.41 bits per heavy atom. The lowest BCUT2D eigenvalue weighted by atomic mass is 10.1. The standard InChI is InChI=1S/C12H16N4.ClH/c1-16(11-5-3-6-14-9-11)12-10(8-13)4-2-7-15-12;/h2,4,7,11,14H,3,5-6,9H2,1H3;1H/t11-;/m1./s1. The molecular weight excluding hydrogens is 236 g/mol. The van der Waals surface area contributed by atoms with Crippen LogP contribution in [0.2, 0.25) is 0 Å². The highest BCUT2D eigenvalue weighted by Gasteiger charge is 2.20. The molecule has 0 bridgehead atoms. The van der Waals surface area contributed by atoms with E-state index in [0.29, 0.717) is 11.6 Å². The fraction of sp³-hybridized carbons (Fsp3) is 0.500. The quantitative estimate of drug-likeness (QED) is 0.868. The van der Waals surface area contributed by atoms with Gasteiger partial charge in [0.05, 0.1) is 5.56 Å². The summed E-state index contributed by atoms with van der Waals surface area (Å²) < 4.78 is 0. The highest BCUT2D eigenvalue weighted by atomic mass is 35.5. The van der Waals surface area contributed by atoms with E-state index < -0.39 is 0 Å². The normalized spacial score (nSPS) is 18.9. The molecule has 2 rings (SSSR count). The van der Waals surface area contributed by atoms with Crippen molar-refractivity contribution in [2.45, 2.75) is 18.9 Å². The highest BCUT2D eigenvalue weighted by Crippen LogP contribution is 2.19. The molecule has 1 aliphatic heterocycles. The molecule has 0 amide bonds. The number of hydrogen-bond acceptors (Lipinski definition) is 4. The van der Waals surface area contributed by atoms with Gasteiger partial charge >= 0.3 is 0 Å². The Morgan fingerprint density at radius 3 is 3.06 bits per heavy atom. The number of pyridine rings is 1. The van der Waals surface area contributed by atoms with Crippen molar-refractivity contribution in [1.82, 2.24) is 10.3 Å². The van der Waals surface area contributed by atoms with E-state index in [4.69, 9.17) is 5.26 Å². The molecule has 1 aromatic rings. The van der Waals surface area contributed by atoms with Gasteiger partial charge in [0.25, 0.3) is 0 Å². The Kier molecular flexibility index (Phi) is 5.20. The lowest BCUT2D eigenvalue weighted by Gasteiger charge is -2.32. The number of likely N-dealkylation sites (N-methyl/N-ethyl adjacent to an activating group) is 1. The number of hydrogen-bond donors (Lipinski definition) is 1. The molecule has 2 heterocycles. The van der Waals surface area contributed by atoms with Crippen LogP contribution in [0.4, 0.5) is 5.82 Å². The first-order valence-electron chi connectivity index (χ1n) is 5.61. The Labute approximate surface area is 108 Å². The maximum Gasteiger partial charge on any atom is 0.146 e. The first-order chi connectivity index (χ1) is 7.83. The third-order valence-corrected chi connectivity index (χ3v) is 3.06. The van der Waals surface area contributed by atoms with Crippen LogP contribution in [-0.2, 0) is 0 Å². The summed E-state index contributed by atoms with van der Waals surface area (Å²) in [5.74, 6) is 0.790. The summed E-state index contributed by atoms with van der Waals surface area (Å²) >= 11 is 0. The SMILES string of the molecule is CN(c1ncccc1C#N)[C@@H]1CCCNC1.Cl. The minimum absolute atomic E-state index is 0. The van der Waals surface area contributed by atoms with Gasteiger partial charge in [-0.1, -0.05) is 0 Å². The molecule has 17 heavy (non-hydrogen) atoms. The number of anilines is 1. The number of piperidine rings is 1. The second kappa shape index (κ2) is 6.43. The Balaban J connectivity index is 0.00000144. The number of nitrogens with zero attached hydrogens (tertiary/aromatic N) is 3. The van der Waals surface area contributed by atoms with Crippen LogP contribution >= 0.6 is 12.4 Å². The van der Waals surface area contributed by atoms with Gasteiger partial charge in [-0.15, -0.1) is 12.4 Å². The smallest absolute Gasteiger partial charge is 0.146 e. The van der Waals surface area contributed by atoms with Crippen LogP contribution in [0.25, 0.3) is 0 Å². The molecule has 0 spiro atoms. The maximum atomic E-state index is 9.03. The van der Waals surface area contributed by atoms with Crippen LogP contribution in [-0.4, -0.2) is 31.2 Å². The third kappa shape index (κ3) is 3.09. The summed E-state index contributed by atoms with van der Waals surface area (Å²) in [6.45, 7) is 2.07. The number of nitriles is 1. The Morgan fingerprint density at radius 1 is 1.59 bits per heavy atom. The monoisotopic (exact) mass is 252 g/mol. The molecule has 1 saturated heterocycles. The van der Waals surface area contributed by atoms with Crippen molar-refractivity contribution in [3.63, 3.8) is 0 Å². The van der Waals surface area contributed by atoms with E-state index in [1.54, 1.807) is 12.3 Å². The number of rotatable bonds is 2.